The summed E-state index contributed by atoms with van der Waals surface area (Å²) in [6.07, 6.45) is 7.54. The highest BCUT2D eigenvalue weighted by molar-refractivity contribution is 9.11. The Morgan fingerprint density at radius 1 is 0.442 bits per heavy atom. The highest BCUT2D eigenvalue weighted by Crippen LogP contribution is 2.42. The highest BCUT2D eigenvalue weighted by Gasteiger charge is 2.33. The molecule has 129 heavy (non-hydrogen) atoms. The number of aromatic amines is 3. The molecular formula is C94H115Br3ClN11O20. The average molecular weight is 1990 g/mol. The van der Waals surface area contributed by atoms with Crippen LogP contribution in [0.5, 0.6) is 17.2 Å². The van der Waals surface area contributed by atoms with Crippen LogP contribution in [0.2, 0.25) is 0 Å². The summed E-state index contributed by atoms with van der Waals surface area (Å²) in [6.45, 7) is 30.9. The number of carbonyl (C=O) groups is 4. The Morgan fingerprint density at radius 2 is 0.721 bits per heavy atom. The van der Waals surface area contributed by atoms with E-state index in [2.05, 4.69) is 121 Å². The van der Waals surface area contributed by atoms with Gasteiger partial charge in [0.05, 0.1) is 80.5 Å². The number of H-pyrrole nitrogens is 3. The second-order valence-corrected chi connectivity index (χ2v) is 33.8. The van der Waals surface area contributed by atoms with Gasteiger partial charge in [-0.2, -0.15) is 5.26 Å². The number of benzene rings is 4. The largest absolute Gasteiger partial charge is 0.496 e. The first kappa shape index (κ1) is 101. The van der Waals surface area contributed by atoms with Gasteiger partial charge in [0.2, 0.25) is 5.76 Å². The lowest BCUT2D eigenvalue weighted by Crippen LogP contribution is -2.40. The normalized spacial score (nSPS) is 14.3. The van der Waals surface area contributed by atoms with E-state index >= 15 is 0 Å². The third-order valence-corrected chi connectivity index (χ3v) is 25.0. The van der Waals surface area contributed by atoms with Crippen molar-refractivity contribution in [2.75, 3.05) is 127 Å². The van der Waals surface area contributed by atoms with Crippen molar-refractivity contribution in [1.82, 2.24) is 25.6 Å². The van der Waals surface area contributed by atoms with Gasteiger partial charge >= 0.3 is 11.9 Å². The second-order valence-electron chi connectivity index (χ2n) is 31.5. The van der Waals surface area contributed by atoms with Crippen molar-refractivity contribution >= 4 is 151 Å². The van der Waals surface area contributed by atoms with Crippen LogP contribution in [0.25, 0.3) is 43.9 Å². The molecule has 7 aromatic heterocycles. The molecule has 4 aromatic carbocycles. The standard InChI is InChI=1S/C26H30N4O5.C25H30BrN3O5.C18H22BrNO4.C17H20BrNO4.C8H12N2O2.ClH/c1-5-30(17-6-8-34-9-7-17)21-12-23-19(11-18(13-27)35-23)24(16(21)3)26(32)28-14-20-22(33-4)10-15(2)29-25(20)31;1-5-29(16-6-8-33-9-7-16)19-12-21-17(11-22(26)34-21)23(15(19)3)25(31)27-13-18-20(32-4)10-14(2)28-24(18)30;1-4-20(12-5-7-23-8-6-12)14-10-15-13(9-16(19)24-15)17(11(14)2)18(21)22-3;1-3-19(11-4-6-22-7-5-11)13-9-14-12(8-15(18)23-14)16(10(13)2)17(20)21;1-5-3-7(12-2)6(4-9)8(11)10-5;/h10-12,17H,5-9,14H2,1-4H3,(H,28,32)(H,29,31);10-12,16H,5-9,13H2,1-4H3,(H,27,31)(H,28,30);9-10,12H,4-8H2,1-3H3;8-9,11H,3-7H2,1-2H3,(H,20,21);3H,4,9H2,1-2H3,(H,10,11);1H. The second kappa shape index (κ2) is 46.3. The van der Waals surface area contributed by atoms with Crippen molar-refractivity contribution in [3.05, 3.63) is 196 Å². The first-order valence-electron chi connectivity index (χ1n) is 42.9. The number of aromatic carboxylic acids is 1. The minimum absolute atomic E-state index is 0. The summed E-state index contributed by atoms with van der Waals surface area (Å²) in [5.41, 5.74) is 19.4. The quantitative estimate of drug-likeness (QED) is 0.0276. The molecule has 4 saturated heterocycles. The van der Waals surface area contributed by atoms with Crippen LogP contribution in [-0.4, -0.2) is 175 Å². The molecule has 0 radical (unpaired) electrons. The Hall–Kier alpha value is -10.6. The minimum atomic E-state index is -0.925. The number of amides is 2. The van der Waals surface area contributed by atoms with Gasteiger partial charge in [-0.25, -0.2) is 9.59 Å². The third-order valence-electron chi connectivity index (χ3n) is 23.8. The number of nitrogens with two attached hydrogens (primary N) is 1. The van der Waals surface area contributed by atoms with Gasteiger partial charge in [0, 0.05) is 201 Å². The Bertz CT molecular complexity index is 6040. The molecule has 0 spiro atoms. The third kappa shape index (κ3) is 23.2. The van der Waals surface area contributed by atoms with Crippen LogP contribution in [0.1, 0.15) is 182 Å². The highest BCUT2D eigenvalue weighted by atomic mass is 79.9. The summed E-state index contributed by atoms with van der Waals surface area (Å²) in [6, 6.07) is 23.5. The van der Waals surface area contributed by atoms with Gasteiger partial charge in [-0.05, 0) is 234 Å². The summed E-state index contributed by atoms with van der Waals surface area (Å²) >= 11 is 10.1. The van der Waals surface area contributed by atoms with Crippen molar-refractivity contribution in [3.63, 3.8) is 0 Å². The van der Waals surface area contributed by atoms with Crippen LogP contribution in [0, 0.1) is 59.8 Å². The maximum absolute atomic E-state index is 13.5. The van der Waals surface area contributed by atoms with Crippen LogP contribution >= 0.6 is 60.2 Å². The van der Waals surface area contributed by atoms with E-state index in [1.54, 1.807) is 51.1 Å². The number of rotatable bonds is 24. The van der Waals surface area contributed by atoms with Crippen LogP contribution in [0.15, 0.2) is 113 Å². The predicted molar refractivity (Wildman–Crippen MR) is 510 cm³/mol. The molecule has 4 aliphatic rings. The smallest absolute Gasteiger partial charge is 0.338 e. The number of nitriles is 1. The van der Waals surface area contributed by atoms with E-state index in [-0.39, 0.29) is 78.3 Å². The summed E-state index contributed by atoms with van der Waals surface area (Å²) in [5, 5.41) is 27.6. The molecule has 4 aliphatic heterocycles. The van der Waals surface area contributed by atoms with E-state index in [0.717, 1.165) is 179 Å². The molecule has 35 heteroatoms. The lowest BCUT2D eigenvalue weighted by Gasteiger charge is -2.36. The van der Waals surface area contributed by atoms with E-state index in [4.69, 9.17) is 61.3 Å². The summed E-state index contributed by atoms with van der Waals surface area (Å²) in [4.78, 5) is 105. The molecule has 0 bridgehead atoms. The number of aromatic nitrogens is 3. The average Bonchev–Trinajstić information content (AvgIpc) is 1.90. The molecule has 694 valence electrons. The number of nitrogens with one attached hydrogen (secondary N) is 5. The number of anilines is 4. The number of furan rings is 4. The number of halogens is 4. The molecule has 2 amide bonds. The number of carbonyl (C=O) groups excluding carboxylic acids is 3. The van der Waals surface area contributed by atoms with Gasteiger partial charge in [0.25, 0.3) is 28.5 Å². The van der Waals surface area contributed by atoms with Crippen molar-refractivity contribution in [1.29, 1.82) is 5.26 Å². The molecular weight excluding hydrogens is 1880 g/mol. The first-order chi connectivity index (χ1) is 61.5. The predicted octanol–water partition coefficient (Wildman–Crippen LogP) is 17.1. The van der Waals surface area contributed by atoms with Gasteiger partial charge in [0.1, 0.15) is 45.6 Å². The number of carboxylic acid groups (broad SMARTS) is 1. The fourth-order valence-electron chi connectivity index (χ4n) is 17.6. The van der Waals surface area contributed by atoms with Crippen molar-refractivity contribution in [3.8, 4) is 23.3 Å². The number of pyridine rings is 3. The summed E-state index contributed by atoms with van der Waals surface area (Å²) < 4.78 is 67.5. The molecule has 0 saturated carbocycles. The van der Waals surface area contributed by atoms with Crippen LogP contribution in [0.3, 0.4) is 0 Å². The van der Waals surface area contributed by atoms with E-state index < -0.39 is 5.97 Å². The molecule has 0 aliphatic carbocycles. The topological polar surface area (TPSA) is 400 Å². The van der Waals surface area contributed by atoms with Crippen molar-refractivity contribution in [2.24, 2.45) is 5.73 Å². The summed E-state index contributed by atoms with van der Waals surface area (Å²) in [5.74, 6) is -0.349. The number of carboxylic acids is 1. The van der Waals surface area contributed by atoms with E-state index in [1.165, 1.54) is 28.4 Å². The molecule has 8 N–H and O–H groups in total. The maximum atomic E-state index is 13.5. The molecule has 11 aromatic rings. The Labute approximate surface area is 779 Å². The maximum Gasteiger partial charge on any atom is 0.338 e. The number of ether oxygens (including phenoxy) is 8. The summed E-state index contributed by atoms with van der Waals surface area (Å²) in [7, 11) is 5.93. The zero-order valence-corrected chi connectivity index (χ0v) is 81.1. The van der Waals surface area contributed by atoms with E-state index in [0.29, 0.717) is 146 Å². The van der Waals surface area contributed by atoms with Crippen LogP contribution < -0.4 is 66.9 Å². The lowest BCUT2D eigenvalue weighted by molar-refractivity contribution is 0.0600. The lowest BCUT2D eigenvalue weighted by atomic mass is 9.98. The van der Waals surface area contributed by atoms with Gasteiger partial charge in [0.15, 0.2) is 14.0 Å². The Balaban J connectivity index is 0.000000173. The molecule has 15 rings (SSSR count). The van der Waals surface area contributed by atoms with Gasteiger partial charge in [-0.1, -0.05) is 0 Å². The monoisotopic (exact) mass is 1990 g/mol. The fraction of sp³-hybridized carbons (Fsp3) is 0.447. The zero-order valence-electron chi connectivity index (χ0n) is 75.5. The number of nitrogens with zero attached hydrogens (tertiary/aromatic N) is 5. The Kier molecular flexibility index (Phi) is 36.1. The van der Waals surface area contributed by atoms with E-state index in [1.807, 2.05) is 70.2 Å². The molecule has 11 heterocycles. The van der Waals surface area contributed by atoms with Crippen molar-refractivity contribution in [2.45, 2.75) is 171 Å². The fourth-order valence-corrected chi connectivity index (χ4v) is 18.8. The molecule has 0 unspecified atom stereocenters. The number of aryl methyl sites for hydroxylation is 3. The first-order valence-corrected chi connectivity index (χ1v) is 45.3. The number of fused-ring (bicyclic) bond motifs is 4. The zero-order chi connectivity index (χ0) is 92.5. The van der Waals surface area contributed by atoms with Crippen LogP contribution in [-0.2, 0) is 43.3 Å². The SMILES string of the molecule is CCN(c1cc2oc(Br)cc2c(C(=O)NCc2c(OC)cc(C)[nH]c2=O)c1C)C1CCOCC1.CCN(c1cc2oc(Br)cc2c(C(=O)O)c1C)C1CCOCC1.CCN(c1cc2oc(Br)cc2c(C(=O)OC)c1C)C1CCOCC1.CCN(c1cc2oc(C#N)cc2c(C(=O)NCc2c(OC)cc(C)[nH]c2=O)c1C)C1CCOCC1.COc1cc(C)[nH]c(=O)c1CN.Cl. The number of methoxy groups -OCH3 is 4. The van der Waals surface area contributed by atoms with Gasteiger partial charge in [-0.15, -0.1) is 12.4 Å². The number of hydrogen-bond donors (Lipinski definition) is 7. The van der Waals surface area contributed by atoms with Gasteiger partial charge in [-0.3, -0.25) is 24.0 Å². The number of hydrogen-bond acceptors (Lipinski definition) is 25. The molecule has 31 nitrogen and oxygen atoms in total. The molecule has 0 atom stereocenters. The Morgan fingerprint density at radius 3 is 1.02 bits per heavy atom. The van der Waals surface area contributed by atoms with Crippen LogP contribution in [0.4, 0.5) is 22.7 Å². The minimum Gasteiger partial charge on any atom is -0.496 e. The van der Waals surface area contributed by atoms with E-state index in [9.17, 15) is 43.9 Å². The van der Waals surface area contributed by atoms with Crippen molar-refractivity contribution < 1.29 is 79.8 Å². The molecule has 4 fully saturated rings. The van der Waals surface area contributed by atoms with Gasteiger partial charge < -0.3 is 112 Å². The number of esters is 1.